The summed E-state index contributed by atoms with van der Waals surface area (Å²) in [4.78, 5) is 18.3. The van der Waals surface area contributed by atoms with E-state index in [0.29, 0.717) is 35.4 Å². The number of ether oxygens (including phenoxy) is 1. The molecule has 0 amide bonds. The summed E-state index contributed by atoms with van der Waals surface area (Å²) in [5, 5.41) is 15.9. The third-order valence-electron chi connectivity index (χ3n) is 5.63. The molecule has 2 N–H and O–H groups in total. The molecule has 2 heterocycles. The summed E-state index contributed by atoms with van der Waals surface area (Å²) in [5.74, 6) is 1.24. The van der Waals surface area contributed by atoms with Gasteiger partial charge in [-0.1, -0.05) is 24.3 Å². The molecule has 0 spiro atoms. The topological polar surface area (TPSA) is 92.0 Å². The van der Waals surface area contributed by atoms with Crippen LogP contribution in [-0.2, 0) is 7.05 Å². The van der Waals surface area contributed by atoms with E-state index >= 15 is 0 Å². The first-order valence-electron chi connectivity index (χ1n) is 10.3. The number of methoxy groups -OCH3 is 1. The van der Waals surface area contributed by atoms with Gasteiger partial charge >= 0.3 is 0 Å². The molecule has 1 atom stereocenters. The molecule has 1 aromatic heterocycles. The minimum atomic E-state index is -0.138. The molecule has 1 aliphatic heterocycles. The molecule has 7 heteroatoms. The highest BCUT2D eigenvalue weighted by molar-refractivity contribution is 5.81. The van der Waals surface area contributed by atoms with Crippen molar-refractivity contribution in [2.75, 3.05) is 25.5 Å². The lowest BCUT2D eigenvalue weighted by atomic mass is 9.99. The lowest BCUT2D eigenvalue weighted by molar-refractivity contribution is 0.415. The minimum Gasteiger partial charge on any atom is -0.497 e. The maximum atomic E-state index is 13.4. The van der Waals surface area contributed by atoms with Crippen LogP contribution in [0, 0.1) is 11.3 Å². The first-order chi connectivity index (χ1) is 15.1. The smallest absolute Gasteiger partial charge is 0.263 e. The summed E-state index contributed by atoms with van der Waals surface area (Å²) >= 11 is 0. The second kappa shape index (κ2) is 9.02. The fraction of sp³-hybridized carbons (Fsp3) is 0.292. The van der Waals surface area contributed by atoms with Crippen molar-refractivity contribution in [2.45, 2.75) is 18.9 Å². The third-order valence-corrected chi connectivity index (χ3v) is 5.63. The first kappa shape index (κ1) is 20.6. The summed E-state index contributed by atoms with van der Waals surface area (Å²) in [6.45, 7) is 1.72. The van der Waals surface area contributed by atoms with Gasteiger partial charge in [0, 0.05) is 25.2 Å². The van der Waals surface area contributed by atoms with Gasteiger partial charge in [0.15, 0.2) is 0 Å². The molecule has 3 aromatic rings. The number of nitrogens with zero attached hydrogens (tertiary/aromatic N) is 3. The molecule has 0 aliphatic carbocycles. The van der Waals surface area contributed by atoms with Crippen LogP contribution in [0.1, 0.15) is 18.4 Å². The van der Waals surface area contributed by atoms with Gasteiger partial charge in [-0.2, -0.15) is 5.26 Å². The standard InChI is InChI=1S/C24H25N5O2/c1-29-23(30)21(17-9-11-20(31-2)12-10-17)22(18-7-5-16(14-25)6-8-18)28-24(29)27-15-19-4-3-13-26-19/h5-12,19,26H,3-4,13,15H2,1-2H3,(H,27,28). The Balaban J connectivity index is 1.82. The van der Waals surface area contributed by atoms with E-state index in [-0.39, 0.29) is 5.56 Å². The van der Waals surface area contributed by atoms with Gasteiger partial charge in [0.05, 0.1) is 30.0 Å². The van der Waals surface area contributed by atoms with Crippen molar-refractivity contribution in [2.24, 2.45) is 7.05 Å². The molecule has 4 rings (SSSR count). The number of rotatable bonds is 6. The fourth-order valence-corrected chi connectivity index (χ4v) is 3.83. The van der Waals surface area contributed by atoms with Gasteiger partial charge in [-0.3, -0.25) is 9.36 Å². The van der Waals surface area contributed by atoms with E-state index in [1.165, 1.54) is 0 Å². The Morgan fingerprint density at radius 2 is 1.90 bits per heavy atom. The Morgan fingerprint density at radius 3 is 2.52 bits per heavy atom. The molecule has 158 valence electrons. The van der Waals surface area contributed by atoms with Crippen molar-refractivity contribution in [3.63, 3.8) is 0 Å². The molecular weight excluding hydrogens is 390 g/mol. The van der Waals surface area contributed by atoms with Crippen LogP contribution < -0.4 is 20.9 Å². The van der Waals surface area contributed by atoms with E-state index in [0.717, 1.165) is 36.3 Å². The predicted octanol–water partition coefficient (Wildman–Crippen LogP) is 3.16. The average molecular weight is 415 g/mol. The Labute approximate surface area is 181 Å². The van der Waals surface area contributed by atoms with E-state index in [9.17, 15) is 4.79 Å². The number of nitrogens with one attached hydrogen (secondary N) is 2. The van der Waals surface area contributed by atoms with Crippen molar-refractivity contribution in [1.82, 2.24) is 14.9 Å². The second-order valence-electron chi connectivity index (χ2n) is 7.62. The van der Waals surface area contributed by atoms with E-state index in [4.69, 9.17) is 15.0 Å². The van der Waals surface area contributed by atoms with Crippen molar-refractivity contribution in [3.8, 4) is 34.2 Å². The average Bonchev–Trinajstić information content (AvgIpc) is 3.34. The Bertz CT molecular complexity index is 1150. The van der Waals surface area contributed by atoms with Crippen molar-refractivity contribution < 1.29 is 4.74 Å². The quantitative estimate of drug-likeness (QED) is 0.643. The maximum absolute atomic E-state index is 13.4. The highest BCUT2D eigenvalue weighted by atomic mass is 16.5. The fourth-order valence-electron chi connectivity index (χ4n) is 3.83. The highest BCUT2D eigenvalue weighted by Gasteiger charge is 2.20. The van der Waals surface area contributed by atoms with Gasteiger partial charge in [-0.05, 0) is 49.2 Å². The summed E-state index contributed by atoms with van der Waals surface area (Å²) in [7, 11) is 3.34. The van der Waals surface area contributed by atoms with Crippen molar-refractivity contribution in [3.05, 3.63) is 64.4 Å². The zero-order valence-corrected chi connectivity index (χ0v) is 17.7. The molecule has 1 aliphatic rings. The first-order valence-corrected chi connectivity index (χ1v) is 10.3. The third kappa shape index (κ3) is 4.30. The number of hydrogen-bond acceptors (Lipinski definition) is 6. The van der Waals surface area contributed by atoms with Gasteiger partial charge in [-0.15, -0.1) is 0 Å². The Hall–Kier alpha value is -3.63. The molecular formula is C24H25N5O2. The van der Waals surface area contributed by atoms with Crippen LogP contribution in [-0.4, -0.2) is 35.8 Å². The number of hydrogen-bond donors (Lipinski definition) is 2. The molecule has 7 nitrogen and oxygen atoms in total. The SMILES string of the molecule is COc1ccc(-c2c(-c3ccc(C#N)cc3)nc(NCC3CCCN3)n(C)c2=O)cc1. The zero-order chi connectivity index (χ0) is 21.8. The van der Waals surface area contributed by atoms with Crippen LogP contribution >= 0.6 is 0 Å². The van der Waals surface area contributed by atoms with Crippen LogP contribution in [0.15, 0.2) is 53.3 Å². The molecule has 0 saturated carbocycles. The lowest BCUT2D eigenvalue weighted by Gasteiger charge is -2.18. The monoisotopic (exact) mass is 415 g/mol. The predicted molar refractivity (Wildman–Crippen MR) is 121 cm³/mol. The van der Waals surface area contributed by atoms with Gasteiger partial charge < -0.3 is 15.4 Å². The van der Waals surface area contributed by atoms with Gasteiger partial charge in [-0.25, -0.2) is 4.98 Å². The highest BCUT2D eigenvalue weighted by Crippen LogP contribution is 2.30. The van der Waals surface area contributed by atoms with Crippen LogP contribution in [0.4, 0.5) is 5.95 Å². The summed E-state index contributed by atoms with van der Waals surface area (Å²) in [6, 6.07) is 17.0. The molecule has 2 aromatic carbocycles. The van der Waals surface area contributed by atoms with Crippen molar-refractivity contribution in [1.29, 1.82) is 5.26 Å². The van der Waals surface area contributed by atoms with Gasteiger partial charge in [0.2, 0.25) is 5.95 Å². The summed E-state index contributed by atoms with van der Waals surface area (Å²) in [5.41, 5.74) is 3.06. The van der Waals surface area contributed by atoms with E-state index < -0.39 is 0 Å². The Morgan fingerprint density at radius 1 is 1.19 bits per heavy atom. The molecule has 0 radical (unpaired) electrons. The zero-order valence-electron chi connectivity index (χ0n) is 17.7. The van der Waals surface area contributed by atoms with E-state index in [1.54, 1.807) is 30.9 Å². The lowest BCUT2D eigenvalue weighted by Crippen LogP contribution is -2.32. The largest absolute Gasteiger partial charge is 0.497 e. The minimum absolute atomic E-state index is 0.138. The van der Waals surface area contributed by atoms with Crippen LogP contribution in [0.2, 0.25) is 0 Å². The van der Waals surface area contributed by atoms with Crippen LogP contribution in [0.5, 0.6) is 5.75 Å². The molecule has 1 fully saturated rings. The second-order valence-corrected chi connectivity index (χ2v) is 7.62. The molecule has 31 heavy (non-hydrogen) atoms. The number of anilines is 1. The van der Waals surface area contributed by atoms with Crippen LogP contribution in [0.25, 0.3) is 22.4 Å². The molecule has 0 bridgehead atoms. The van der Waals surface area contributed by atoms with Crippen molar-refractivity contribution >= 4 is 5.95 Å². The number of aromatic nitrogens is 2. The van der Waals surface area contributed by atoms with E-state index in [2.05, 4.69) is 16.7 Å². The molecule has 1 saturated heterocycles. The van der Waals surface area contributed by atoms with Gasteiger partial charge in [0.25, 0.3) is 5.56 Å². The van der Waals surface area contributed by atoms with Gasteiger partial charge in [0.1, 0.15) is 5.75 Å². The number of nitriles is 1. The summed E-state index contributed by atoms with van der Waals surface area (Å²) in [6.07, 6.45) is 2.26. The van der Waals surface area contributed by atoms with Crippen LogP contribution in [0.3, 0.4) is 0 Å². The normalized spacial score (nSPS) is 15.5. The maximum Gasteiger partial charge on any atom is 0.263 e. The summed E-state index contributed by atoms with van der Waals surface area (Å²) < 4.78 is 6.81. The molecule has 1 unspecified atom stereocenters. The Kier molecular flexibility index (Phi) is 6.01. The number of benzene rings is 2. The van der Waals surface area contributed by atoms with E-state index in [1.807, 2.05) is 36.4 Å².